The number of benzene rings is 1. The van der Waals surface area contributed by atoms with E-state index in [9.17, 15) is 13.6 Å². The fraction of sp³-hybridized carbons (Fsp3) is 0.333. The summed E-state index contributed by atoms with van der Waals surface area (Å²) in [5.74, 6) is -1.20. The first-order valence-electron chi connectivity index (χ1n) is 8.80. The molecule has 0 radical (unpaired) electrons. The van der Waals surface area contributed by atoms with Gasteiger partial charge < -0.3 is 9.88 Å². The van der Waals surface area contributed by atoms with Crippen molar-refractivity contribution >= 4 is 17.7 Å². The molecule has 0 saturated heterocycles. The summed E-state index contributed by atoms with van der Waals surface area (Å²) in [5.41, 5.74) is 2.08. The number of nitrogens with one attached hydrogen (secondary N) is 1. The van der Waals surface area contributed by atoms with Gasteiger partial charge in [-0.25, -0.2) is 13.5 Å². The first-order chi connectivity index (χ1) is 13.5. The summed E-state index contributed by atoms with van der Waals surface area (Å²) in [7, 11) is 1.82. The molecule has 1 aromatic carbocycles. The number of thioether (sulfide) groups is 1. The molecule has 3 aromatic rings. The van der Waals surface area contributed by atoms with Crippen LogP contribution in [-0.4, -0.2) is 36.2 Å². The quantitative estimate of drug-likeness (QED) is 0.662. The Morgan fingerprint density at radius 2 is 2.11 bits per heavy atom. The van der Waals surface area contributed by atoms with Crippen LogP contribution in [-0.2, 0) is 18.3 Å². The summed E-state index contributed by atoms with van der Waals surface area (Å²) in [5, 5.41) is 15.7. The number of fused-ring (bicyclic) bond motifs is 1. The Kier molecular flexibility index (Phi) is 5.12. The zero-order valence-corrected chi connectivity index (χ0v) is 15.9. The van der Waals surface area contributed by atoms with Crippen LogP contribution in [0.25, 0.3) is 5.69 Å². The number of rotatable bonds is 5. The van der Waals surface area contributed by atoms with E-state index in [0.29, 0.717) is 10.8 Å². The van der Waals surface area contributed by atoms with Crippen LogP contribution in [0.2, 0.25) is 0 Å². The predicted molar refractivity (Wildman–Crippen MR) is 99.0 cm³/mol. The first kappa shape index (κ1) is 18.6. The molecule has 1 atom stereocenters. The lowest BCUT2D eigenvalue weighted by atomic mass is 9.93. The third kappa shape index (κ3) is 3.77. The number of hydrogen-bond acceptors (Lipinski definition) is 5. The minimum Gasteiger partial charge on any atom is -0.348 e. The highest BCUT2D eigenvalue weighted by molar-refractivity contribution is 7.99. The Morgan fingerprint density at radius 3 is 2.82 bits per heavy atom. The van der Waals surface area contributed by atoms with E-state index in [2.05, 4.69) is 20.6 Å². The molecule has 1 amide bonds. The van der Waals surface area contributed by atoms with Gasteiger partial charge >= 0.3 is 0 Å². The standard InChI is InChI=1S/C18H18F2N6OS/c1-25-10-21-24-18(25)28-9-17(27)23-15-3-2-4-16-14(15)8-22-26(16)13-6-11(19)5-12(20)7-13/h5-8,10,15H,2-4,9H2,1H3,(H,23,27). The molecule has 0 fully saturated rings. The van der Waals surface area contributed by atoms with Gasteiger partial charge in [0.05, 0.1) is 23.7 Å². The number of halogens is 2. The lowest BCUT2D eigenvalue weighted by molar-refractivity contribution is -0.119. The van der Waals surface area contributed by atoms with Gasteiger partial charge in [0.15, 0.2) is 5.16 Å². The van der Waals surface area contributed by atoms with E-state index >= 15 is 0 Å². The summed E-state index contributed by atoms with van der Waals surface area (Å²) in [4.78, 5) is 12.4. The maximum atomic E-state index is 13.6. The maximum Gasteiger partial charge on any atom is 0.230 e. The van der Waals surface area contributed by atoms with Gasteiger partial charge in [0.2, 0.25) is 5.91 Å². The molecule has 0 bridgehead atoms. The molecule has 1 N–H and O–H groups in total. The third-order valence-electron chi connectivity index (χ3n) is 4.61. The molecule has 0 aliphatic heterocycles. The van der Waals surface area contributed by atoms with Crippen LogP contribution in [0, 0.1) is 11.6 Å². The van der Waals surface area contributed by atoms with Crippen LogP contribution in [0.4, 0.5) is 8.78 Å². The number of carbonyl (C=O) groups excluding carboxylic acids is 1. The van der Waals surface area contributed by atoms with Crippen molar-refractivity contribution < 1.29 is 13.6 Å². The largest absolute Gasteiger partial charge is 0.348 e. The first-order valence-corrected chi connectivity index (χ1v) is 9.79. The molecule has 28 heavy (non-hydrogen) atoms. The molecule has 1 aliphatic carbocycles. The van der Waals surface area contributed by atoms with Crippen molar-refractivity contribution in [3.63, 3.8) is 0 Å². The number of carbonyl (C=O) groups is 1. The molecule has 2 heterocycles. The van der Waals surface area contributed by atoms with Gasteiger partial charge in [0.1, 0.15) is 18.0 Å². The van der Waals surface area contributed by atoms with Crippen LogP contribution in [0.5, 0.6) is 0 Å². The molecule has 4 rings (SSSR count). The second-order valence-corrected chi connectivity index (χ2v) is 7.55. The minimum absolute atomic E-state index is 0.115. The molecule has 0 spiro atoms. The van der Waals surface area contributed by atoms with Gasteiger partial charge in [-0.05, 0) is 31.4 Å². The Morgan fingerprint density at radius 1 is 1.32 bits per heavy atom. The van der Waals surface area contributed by atoms with Crippen molar-refractivity contribution in [3.05, 3.63) is 53.6 Å². The molecule has 146 valence electrons. The summed E-state index contributed by atoms with van der Waals surface area (Å²) < 4.78 is 30.5. The van der Waals surface area contributed by atoms with Crippen LogP contribution in [0.1, 0.15) is 30.1 Å². The molecular formula is C18H18F2N6OS. The number of aryl methyl sites for hydroxylation is 1. The number of nitrogens with zero attached hydrogens (tertiary/aromatic N) is 5. The highest BCUT2D eigenvalue weighted by Crippen LogP contribution is 2.31. The Balaban J connectivity index is 1.49. The van der Waals surface area contributed by atoms with Crippen LogP contribution in [0.3, 0.4) is 0 Å². The van der Waals surface area contributed by atoms with Gasteiger partial charge in [0.25, 0.3) is 0 Å². The van der Waals surface area contributed by atoms with E-state index in [0.717, 1.165) is 36.6 Å². The third-order valence-corrected chi connectivity index (χ3v) is 5.65. The van der Waals surface area contributed by atoms with Crippen LogP contribution in [0.15, 0.2) is 35.9 Å². The van der Waals surface area contributed by atoms with Crippen molar-refractivity contribution in [1.82, 2.24) is 29.9 Å². The average Bonchev–Trinajstić information content (AvgIpc) is 3.26. The smallest absolute Gasteiger partial charge is 0.230 e. The maximum absolute atomic E-state index is 13.6. The van der Waals surface area contributed by atoms with Gasteiger partial charge in [0, 0.05) is 24.4 Å². The van der Waals surface area contributed by atoms with E-state index in [1.165, 1.54) is 23.9 Å². The monoisotopic (exact) mass is 404 g/mol. The molecule has 1 aliphatic rings. The number of hydrogen-bond donors (Lipinski definition) is 1. The van der Waals surface area contributed by atoms with Crippen molar-refractivity contribution in [3.8, 4) is 5.69 Å². The van der Waals surface area contributed by atoms with Crippen LogP contribution >= 0.6 is 11.8 Å². The summed E-state index contributed by atoms with van der Waals surface area (Å²) in [6, 6.07) is 3.15. The zero-order valence-electron chi connectivity index (χ0n) is 15.1. The van der Waals surface area contributed by atoms with E-state index in [1.807, 2.05) is 7.05 Å². The Labute approximate surface area is 164 Å². The molecule has 10 heteroatoms. The van der Waals surface area contributed by atoms with Gasteiger partial charge in [-0.15, -0.1) is 10.2 Å². The molecular weight excluding hydrogens is 386 g/mol. The van der Waals surface area contributed by atoms with Crippen molar-refractivity contribution in [2.75, 3.05) is 5.75 Å². The summed E-state index contributed by atoms with van der Waals surface area (Å²) in [6.07, 6.45) is 5.61. The predicted octanol–water partition coefficient (Wildman–Crippen LogP) is 2.56. The van der Waals surface area contributed by atoms with E-state index in [1.54, 1.807) is 21.8 Å². The van der Waals surface area contributed by atoms with Crippen molar-refractivity contribution in [2.24, 2.45) is 7.05 Å². The Hall–Kier alpha value is -2.75. The summed E-state index contributed by atoms with van der Waals surface area (Å²) in [6.45, 7) is 0. The Bertz CT molecular complexity index is 997. The summed E-state index contributed by atoms with van der Waals surface area (Å²) >= 11 is 1.31. The zero-order chi connectivity index (χ0) is 19.7. The average molecular weight is 404 g/mol. The molecule has 0 saturated carbocycles. The van der Waals surface area contributed by atoms with Crippen molar-refractivity contribution in [1.29, 1.82) is 0 Å². The fourth-order valence-corrected chi connectivity index (χ4v) is 4.06. The lowest BCUT2D eigenvalue weighted by Crippen LogP contribution is -2.32. The van der Waals surface area contributed by atoms with E-state index in [-0.39, 0.29) is 17.7 Å². The number of aromatic nitrogens is 5. The SMILES string of the molecule is Cn1cnnc1SCC(=O)NC1CCCc2c1cnn2-c1cc(F)cc(F)c1. The van der Waals surface area contributed by atoms with Gasteiger partial charge in [-0.3, -0.25) is 4.79 Å². The molecule has 1 unspecified atom stereocenters. The fourth-order valence-electron chi connectivity index (χ4n) is 3.36. The lowest BCUT2D eigenvalue weighted by Gasteiger charge is -2.24. The second-order valence-electron chi connectivity index (χ2n) is 6.61. The van der Waals surface area contributed by atoms with Gasteiger partial charge in [-0.1, -0.05) is 11.8 Å². The molecule has 2 aromatic heterocycles. The topological polar surface area (TPSA) is 77.6 Å². The minimum atomic E-state index is -0.652. The number of amides is 1. The van der Waals surface area contributed by atoms with Gasteiger partial charge in [-0.2, -0.15) is 5.10 Å². The molecule has 7 nitrogen and oxygen atoms in total. The highest BCUT2D eigenvalue weighted by Gasteiger charge is 2.26. The van der Waals surface area contributed by atoms with Crippen LogP contribution < -0.4 is 5.32 Å². The van der Waals surface area contributed by atoms with E-state index < -0.39 is 11.6 Å². The van der Waals surface area contributed by atoms with Crippen molar-refractivity contribution in [2.45, 2.75) is 30.5 Å². The van der Waals surface area contributed by atoms with E-state index in [4.69, 9.17) is 0 Å². The normalized spacial score (nSPS) is 16.0. The second kappa shape index (κ2) is 7.70. The highest BCUT2D eigenvalue weighted by atomic mass is 32.2.